The Bertz CT molecular complexity index is 760. The normalized spacial score (nSPS) is 11.0. The average molecular weight is 324 g/mol. The van der Waals surface area contributed by atoms with Crippen molar-refractivity contribution in [3.05, 3.63) is 59.4 Å². The standard InChI is InChI=1S/C19H24N4O/c1-12(2)15-8-7-9-16(11-15)19(5,6)23-18(24)22-17-20-13(3)10-14(4)21-17/h7-11H,1H2,2-6H3,(H2,20,21,22,23,24). The lowest BCUT2D eigenvalue weighted by molar-refractivity contribution is 0.241. The fraction of sp³-hybridized carbons (Fsp3) is 0.316. The molecule has 2 N–H and O–H groups in total. The Hall–Kier alpha value is -2.69. The van der Waals surface area contributed by atoms with Gasteiger partial charge in [-0.1, -0.05) is 30.4 Å². The van der Waals surface area contributed by atoms with Crippen LogP contribution in [-0.4, -0.2) is 16.0 Å². The highest BCUT2D eigenvalue weighted by molar-refractivity contribution is 5.88. The number of anilines is 1. The number of nitrogens with zero attached hydrogens (tertiary/aromatic N) is 2. The van der Waals surface area contributed by atoms with Gasteiger partial charge in [-0.05, 0) is 57.9 Å². The van der Waals surface area contributed by atoms with Crippen molar-refractivity contribution < 1.29 is 4.79 Å². The number of benzene rings is 1. The molecule has 126 valence electrons. The molecule has 0 saturated carbocycles. The molecule has 0 bridgehead atoms. The summed E-state index contributed by atoms with van der Waals surface area (Å²) in [6.45, 7) is 13.6. The van der Waals surface area contributed by atoms with Crippen molar-refractivity contribution in [3.8, 4) is 0 Å². The summed E-state index contributed by atoms with van der Waals surface area (Å²) in [5, 5.41) is 5.66. The summed E-state index contributed by atoms with van der Waals surface area (Å²) >= 11 is 0. The lowest BCUT2D eigenvalue weighted by Gasteiger charge is -2.27. The molecule has 2 aromatic rings. The van der Waals surface area contributed by atoms with E-state index in [2.05, 4.69) is 27.2 Å². The van der Waals surface area contributed by atoms with Crippen molar-refractivity contribution in [1.82, 2.24) is 15.3 Å². The van der Waals surface area contributed by atoms with Gasteiger partial charge in [-0.2, -0.15) is 0 Å². The van der Waals surface area contributed by atoms with Crippen LogP contribution in [0.4, 0.5) is 10.7 Å². The van der Waals surface area contributed by atoms with Gasteiger partial charge in [-0.15, -0.1) is 0 Å². The maximum Gasteiger partial charge on any atom is 0.322 e. The van der Waals surface area contributed by atoms with E-state index in [1.54, 1.807) is 0 Å². The van der Waals surface area contributed by atoms with Crippen LogP contribution in [-0.2, 0) is 5.54 Å². The molecule has 1 heterocycles. The van der Waals surface area contributed by atoms with Crippen LogP contribution in [0.25, 0.3) is 5.57 Å². The Morgan fingerprint density at radius 3 is 2.33 bits per heavy atom. The number of carbonyl (C=O) groups is 1. The number of allylic oxidation sites excluding steroid dienone is 1. The second-order valence-corrected chi connectivity index (χ2v) is 6.54. The van der Waals surface area contributed by atoms with Gasteiger partial charge in [0.2, 0.25) is 5.95 Å². The first-order valence-electron chi connectivity index (χ1n) is 7.85. The van der Waals surface area contributed by atoms with Gasteiger partial charge in [0.15, 0.2) is 0 Å². The number of hydrogen-bond donors (Lipinski definition) is 2. The molecule has 2 amide bonds. The van der Waals surface area contributed by atoms with Crippen LogP contribution in [0.3, 0.4) is 0 Å². The highest BCUT2D eigenvalue weighted by atomic mass is 16.2. The molecule has 2 rings (SSSR count). The van der Waals surface area contributed by atoms with E-state index in [1.165, 1.54) is 0 Å². The fourth-order valence-electron chi connectivity index (χ4n) is 2.44. The number of rotatable bonds is 4. The summed E-state index contributed by atoms with van der Waals surface area (Å²) in [6.07, 6.45) is 0. The number of aryl methyl sites for hydroxylation is 2. The van der Waals surface area contributed by atoms with Gasteiger partial charge in [0.25, 0.3) is 0 Å². The van der Waals surface area contributed by atoms with E-state index < -0.39 is 5.54 Å². The SMILES string of the molecule is C=C(C)c1cccc(C(C)(C)NC(=O)Nc2nc(C)cc(C)n2)c1. The first-order chi connectivity index (χ1) is 11.2. The van der Waals surface area contributed by atoms with Crippen LogP contribution in [0, 0.1) is 13.8 Å². The summed E-state index contributed by atoms with van der Waals surface area (Å²) in [6, 6.07) is 9.51. The van der Waals surface area contributed by atoms with Crippen molar-refractivity contribution in [1.29, 1.82) is 0 Å². The molecule has 1 aromatic heterocycles. The zero-order valence-corrected chi connectivity index (χ0v) is 14.9. The van der Waals surface area contributed by atoms with E-state index in [1.807, 2.05) is 65.0 Å². The third-order valence-electron chi connectivity index (χ3n) is 3.71. The first-order valence-corrected chi connectivity index (χ1v) is 7.85. The van der Waals surface area contributed by atoms with Crippen LogP contribution in [0.2, 0.25) is 0 Å². The Balaban J connectivity index is 2.14. The number of hydrogen-bond acceptors (Lipinski definition) is 3. The van der Waals surface area contributed by atoms with Crippen LogP contribution in [0.1, 0.15) is 43.3 Å². The van der Waals surface area contributed by atoms with E-state index in [0.717, 1.165) is 28.1 Å². The zero-order chi connectivity index (χ0) is 17.9. The minimum absolute atomic E-state index is 0.302. The molecule has 0 atom stereocenters. The molecule has 0 spiro atoms. The summed E-state index contributed by atoms with van der Waals surface area (Å²) in [5.74, 6) is 0.302. The maximum atomic E-state index is 12.3. The minimum atomic E-state index is -0.547. The molecule has 0 aliphatic heterocycles. The van der Waals surface area contributed by atoms with Crippen molar-refractivity contribution in [2.45, 2.75) is 40.2 Å². The topological polar surface area (TPSA) is 66.9 Å². The molecule has 0 aliphatic carbocycles. The lowest BCUT2D eigenvalue weighted by atomic mass is 9.92. The third kappa shape index (κ3) is 4.41. The summed E-state index contributed by atoms with van der Waals surface area (Å²) in [7, 11) is 0. The van der Waals surface area contributed by atoms with Crippen molar-refractivity contribution in [2.24, 2.45) is 0 Å². The van der Waals surface area contributed by atoms with E-state index in [-0.39, 0.29) is 6.03 Å². The predicted octanol–water partition coefficient (Wildman–Crippen LogP) is 4.18. The van der Waals surface area contributed by atoms with Gasteiger partial charge >= 0.3 is 6.03 Å². The van der Waals surface area contributed by atoms with Gasteiger partial charge < -0.3 is 5.32 Å². The predicted molar refractivity (Wildman–Crippen MR) is 97.8 cm³/mol. The molecule has 0 radical (unpaired) electrons. The van der Waals surface area contributed by atoms with E-state index in [4.69, 9.17) is 0 Å². The van der Waals surface area contributed by atoms with E-state index in [0.29, 0.717) is 5.95 Å². The second-order valence-electron chi connectivity index (χ2n) is 6.54. The molecular formula is C19H24N4O. The van der Waals surface area contributed by atoms with Crippen molar-refractivity contribution in [2.75, 3.05) is 5.32 Å². The van der Waals surface area contributed by atoms with E-state index >= 15 is 0 Å². The van der Waals surface area contributed by atoms with Gasteiger partial charge in [-0.25, -0.2) is 14.8 Å². The van der Waals surface area contributed by atoms with Crippen LogP contribution in [0.5, 0.6) is 0 Å². The summed E-state index contributed by atoms with van der Waals surface area (Å²) in [5.41, 5.74) is 4.12. The fourth-order valence-corrected chi connectivity index (χ4v) is 2.44. The van der Waals surface area contributed by atoms with Gasteiger partial charge in [0.1, 0.15) is 0 Å². The minimum Gasteiger partial charge on any atom is -0.329 e. The number of amides is 2. The quantitative estimate of drug-likeness (QED) is 0.886. The molecular weight excluding hydrogens is 300 g/mol. The molecule has 0 aliphatic rings. The zero-order valence-electron chi connectivity index (χ0n) is 14.9. The highest BCUT2D eigenvalue weighted by Crippen LogP contribution is 2.23. The lowest BCUT2D eigenvalue weighted by Crippen LogP contribution is -2.43. The number of aromatic nitrogens is 2. The van der Waals surface area contributed by atoms with E-state index in [9.17, 15) is 4.79 Å². The molecule has 5 heteroatoms. The molecule has 0 saturated heterocycles. The van der Waals surface area contributed by atoms with Crippen molar-refractivity contribution >= 4 is 17.6 Å². The molecule has 5 nitrogen and oxygen atoms in total. The Morgan fingerprint density at radius 1 is 1.12 bits per heavy atom. The smallest absolute Gasteiger partial charge is 0.322 e. The first kappa shape index (κ1) is 17.7. The highest BCUT2D eigenvalue weighted by Gasteiger charge is 2.23. The second kappa shape index (κ2) is 6.83. The Labute approximate surface area is 143 Å². The van der Waals surface area contributed by atoms with Crippen LogP contribution >= 0.6 is 0 Å². The molecule has 24 heavy (non-hydrogen) atoms. The molecule has 1 aromatic carbocycles. The number of nitrogens with one attached hydrogen (secondary N) is 2. The number of carbonyl (C=O) groups excluding carboxylic acids is 1. The number of urea groups is 1. The Kier molecular flexibility index (Phi) is 5.02. The third-order valence-corrected chi connectivity index (χ3v) is 3.71. The summed E-state index contributed by atoms with van der Waals surface area (Å²) < 4.78 is 0. The summed E-state index contributed by atoms with van der Waals surface area (Å²) in [4.78, 5) is 20.8. The van der Waals surface area contributed by atoms with Crippen LogP contribution in [0.15, 0.2) is 36.9 Å². The van der Waals surface area contributed by atoms with Crippen LogP contribution < -0.4 is 10.6 Å². The van der Waals surface area contributed by atoms with Gasteiger partial charge in [0.05, 0.1) is 5.54 Å². The van der Waals surface area contributed by atoms with Gasteiger partial charge in [0, 0.05) is 11.4 Å². The Morgan fingerprint density at radius 2 is 1.75 bits per heavy atom. The molecule has 0 fully saturated rings. The van der Waals surface area contributed by atoms with Gasteiger partial charge in [-0.3, -0.25) is 5.32 Å². The maximum absolute atomic E-state index is 12.3. The average Bonchev–Trinajstić information content (AvgIpc) is 2.45. The monoisotopic (exact) mass is 324 g/mol. The van der Waals surface area contributed by atoms with Crippen molar-refractivity contribution in [3.63, 3.8) is 0 Å². The largest absolute Gasteiger partial charge is 0.329 e. The molecule has 0 unspecified atom stereocenters.